The van der Waals surface area contributed by atoms with Crippen molar-refractivity contribution in [2.45, 2.75) is 32.1 Å². The highest BCUT2D eigenvalue weighted by Gasteiger charge is 2.18. The Balaban J connectivity index is 1.97. The predicted molar refractivity (Wildman–Crippen MR) is 69.7 cm³/mol. The molecular formula is C14H19ClO2. The van der Waals surface area contributed by atoms with Crippen LogP contribution in [0.1, 0.15) is 31.2 Å². The first-order valence-electron chi connectivity index (χ1n) is 6.31. The van der Waals surface area contributed by atoms with Crippen molar-refractivity contribution >= 4 is 11.6 Å². The zero-order chi connectivity index (χ0) is 12.1. The van der Waals surface area contributed by atoms with E-state index in [0.29, 0.717) is 0 Å². The molecule has 0 bridgehead atoms. The molecule has 2 rings (SSSR count). The molecule has 0 aromatic heterocycles. The van der Waals surface area contributed by atoms with E-state index < -0.39 is 0 Å². The van der Waals surface area contributed by atoms with Crippen LogP contribution in [-0.2, 0) is 6.42 Å². The van der Waals surface area contributed by atoms with E-state index in [1.165, 1.54) is 19.3 Å². The summed E-state index contributed by atoms with van der Waals surface area (Å²) in [5, 5.41) is 9.61. The summed E-state index contributed by atoms with van der Waals surface area (Å²) in [4.78, 5) is 0. The van der Waals surface area contributed by atoms with E-state index in [4.69, 9.17) is 21.4 Å². The second-order valence-corrected chi connectivity index (χ2v) is 5.12. The quantitative estimate of drug-likeness (QED) is 0.843. The standard InChI is InChI=1S/C14H19ClO2/c15-13-6-7-14(12(9-13)5-2-8-16)17-10-11-3-1-4-11/h6-7,9,11,16H,1-5,8,10H2. The monoisotopic (exact) mass is 254 g/mol. The van der Waals surface area contributed by atoms with Crippen molar-refractivity contribution in [3.8, 4) is 5.75 Å². The first kappa shape index (κ1) is 12.7. The summed E-state index contributed by atoms with van der Waals surface area (Å²) in [6.07, 6.45) is 5.49. The minimum Gasteiger partial charge on any atom is -0.493 e. The van der Waals surface area contributed by atoms with E-state index in [1.54, 1.807) is 0 Å². The third-order valence-corrected chi connectivity index (χ3v) is 3.56. The Morgan fingerprint density at radius 2 is 2.18 bits per heavy atom. The maximum Gasteiger partial charge on any atom is 0.122 e. The number of hydrogen-bond donors (Lipinski definition) is 1. The maximum absolute atomic E-state index is 8.88. The lowest BCUT2D eigenvalue weighted by Gasteiger charge is -2.25. The summed E-state index contributed by atoms with van der Waals surface area (Å²) in [6.45, 7) is 1.02. The number of aliphatic hydroxyl groups is 1. The van der Waals surface area contributed by atoms with E-state index in [0.717, 1.165) is 41.7 Å². The molecule has 0 heterocycles. The van der Waals surface area contributed by atoms with E-state index in [-0.39, 0.29) is 6.61 Å². The molecule has 1 saturated carbocycles. The van der Waals surface area contributed by atoms with Crippen LogP contribution in [0.5, 0.6) is 5.75 Å². The molecule has 1 aliphatic carbocycles. The molecule has 0 aliphatic heterocycles. The van der Waals surface area contributed by atoms with Crippen LogP contribution in [0, 0.1) is 5.92 Å². The Kier molecular flexibility index (Phi) is 4.69. The van der Waals surface area contributed by atoms with Crippen molar-refractivity contribution in [2.24, 2.45) is 5.92 Å². The third kappa shape index (κ3) is 3.62. The topological polar surface area (TPSA) is 29.5 Å². The zero-order valence-electron chi connectivity index (χ0n) is 9.99. The van der Waals surface area contributed by atoms with Gasteiger partial charge in [-0.2, -0.15) is 0 Å². The van der Waals surface area contributed by atoms with Gasteiger partial charge in [0.05, 0.1) is 6.61 Å². The Morgan fingerprint density at radius 3 is 2.82 bits per heavy atom. The summed E-state index contributed by atoms with van der Waals surface area (Å²) in [6, 6.07) is 5.74. The fourth-order valence-corrected chi connectivity index (χ4v) is 2.22. The van der Waals surface area contributed by atoms with Gasteiger partial charge in [-0.1, -0.05) is 18.0 Å². The van der Waals surface area contributed by atoms with Gasteiger partial charge in [0.1, 0.15) is 5.75 Å². The number of hydrogen-bond acceptors (Lipinski definition) is 2. The van der Waals surface area contributed by atoms with Gasteiger partial charge < -0.3 is 9.84 Å². The first-order valence-corrected chi connectivity index (χ1v) is 6.69. The van der Waals surface area contributed by atoms with Crippen LogP contribution in [0.25, 0.3) is 0 Å². The predicted octanol–water partition coefficient (Wildman–Crippen LogP) is 3.44. The van der Waals surface area contributed by atoms with E-state index in [1.807, 2.05) is 18.2 Å². The molecule has 3 heteroatoms. The zero-order valence-corrected chi connectivity index (χ0v) is 10.7. The molecule has 0 spiro atoms. The van der Waals surface area contributed by atoms with E-state index >= 15 is 0 Å². The minimum atomic E-state index is 0.203. The van der Waals surface area contributed by atoms with Crippen LogP contribution in [0.15, 0.2) is 18.2 Å². The van der Waals surface area contributed by atoms with Gasteiger partial charge in [-0.3, -0.25) is 0 Å². The highest BCUT2D eigenvalue weighted by atomic mass is 35.5. The van der Waals surface area contributed by atoms with Crippen LogP contribution in [0.2, 0.25) is 5.02 Å². The van der Waals surface area contributed by atoms with Crippen LogP contribution in [-0.4, -0.2) is 18.3 Å². The van der Waals surface area contributed by atoms with Gasteiger partial charge in [-0.15, -0.1) is 0 Å². The third-order valence-electron chi connectivity index (χ3n) is 3.33. The lowest BCUT2D eigenvalue weighted by atomic mass is 9.86. The fraction of sp³-hybridized carbons (Fsp3) is 0.571. The Morgan fingerprint density at radius 1 is 1.35 bits per heavy atom. The van der Waals surface area contributed by atoms with Crippen molar-refractivity contribution in [1.29, 1.82) is 0 Å². The van der Waals surface area contributed by atoms with Crippen molar-refractivity contribution in [3.63, 3.8) is 0 Å². The largest absolute Gasteiger partial charge is 0.493 e. The minimum absolute atomic E-state index is 0.203. The highest BCUT2D eigenvalue weighted by molar-refractivity contribution is 6.30. The van der Waals surface area contributed by atoms with Gasteiger partial charge in [0.15, 0.2) is 0 Å². The molecule has 0 unspecified atom stereocenters. The van der Waals surface area contributed by atoms with Crippen LogP contribution < -0.4 is 4.74 Å². The van der Waals surface area contributed by atoms with E-state index in [2.05, 4.69) is 0 Å². The molecule has 0 atom stereocenters. The Hall–Kier alpha value is -0.730. The smallest absolute Gasteiger partial charge is 0.122 e. The summed E-state index contributed by atoms with van der Waals surface area (Å²) >= 11 is 5.98. The SMILES string of the molecule is OCCCc1cc(Cl)ccc1OCC1CCC1. The first-order chi connectivity index (χ1) is 8.29. The Labute approximate surface area is 108 Å². The number of halogens is 1. The van der Waals surface area contributed by atoms with Gasteiger partial charge in [-0.25, -0.2) is 0 Å². The molecule has 2 nitrogen and oxygen atoms in total. The van der Waals surface area contributed by atoms with Gasteiger partial charge >= 0.3 is 0 Å². The van der Waals surface area contributed by atoms with Crippen LogP contribution in [0.4, 0.5) is 0 Å². The molecule has 94 valence electrons. The van der Waals surface area contributed by atoms with Gasteiger partial charge in [0, 0.05) is 11.6 Å². The summed E-state index contributed by atoms with van der Waals surface area (Å²) in [5.74, 6) is 1.66. The summed E-state index contributed by atoms with van der Waals surface area (Å²) in [7, 11) is 0. The lowest BCUT2D eigenvalue weighted by Crippen LogP contribution is -2.19. The molecule has 1 N–H and O–H groups in total. The lowest BCUT2D eigenvalue weighted by molar-refractivity contribution is 0.179. The molecule has 0 amide bonds. The molecule has 0 saturated heterocycles. The average molecular weight is 255 g/mol. The molecule has 1 aromatic rings. The second kappa shape index (κ2) is 6.27. The van der Waals surface area contributed by atoms with Crippen molar-refractivity contribution in [1.82, 2.24) is 0 Å². The Bertz CT molecular complexity index is 361. The summed E-state index contributed by atoms with van der Waals surface area (Å²) in [5.41, 5.74) is 1.10. The van der Waals surface area contributed by atoms with Gasteiger partial charge in [-0.05, 0) is 55.4 Å². The number of benzene rings is 1. The average Bonchev–Trinajstić information content (AvgIpc) is 2.26. The molecule has 1 aromatic carbocycles. The maximum atomic E-state index is 8.88. The number of aryl methyl sites for hydroxylation is 1. The number of rotatable bonds is 6. The van der Waals surface area contributed by atoms with E-state index in [9.17, 15) is 0 Å². The fourth-order valence-electron chi connectivity index (χ4n) is 2.02. The number of aliphatic hydroxyl groups excluding tert-OH is 1. The molecule has 1 aliphatic rings. The van der Waals surface area contributed by atoms with Crippen LogP contribution >= 0.6 is 11.6 Å². The van der Waals surface area contributed by atoms with Gasteiger partial charge in [0.2, 0.25) is 0 Å². The van der Waals surface area contributed by atoms with Crippen LogP contribution in [0.3, 0.4) is 0 Å². The van der Waals surface area contributed by atoms with Crippen molar-refractivity contribution in [3.05, 3.63) is 28.8 Å². The molecule has 17 heavy (non-hydrogen) atoms. The molecular weight excluding hydrogens is 236 g/mol. The summed E-state index contributed by atoms with van der Waals surface area (Å²) < 4.78 is 5.85. The number of ether oxygens (including phenoxy) is 1. The van der Waals surface area contributed by atoms with Crippen molar-refractivity contribution in [2.75, 3.05) is 13.2 Å². The molecule has 1 fully saturated rings. The van der Waals surface area contributed by atoms with Gasteiger partial charge in [0.25, 0.3) is 0 Å². The highest BCUT2D eigenvalue weighted by Crippen LogP contribution is 2.29. The van der Waals surface area contributed by atoms with Crippen molar-refractivity contribution < 1.29 is 9.84 Å². The second-order valence-electron chi connectivity index (χ2n) is 4.69. The normalized spacial score (nSPS) is 15.6. The molecule has 0 radical (unpaired) electrons.